The van der Waals surface area contributed by atoms with E-state index in [0.29, 0.717) is 10.9 Å². The molecule has 27 heavy (non-hydrogen) atoms. The predicted octanol–water partition coefficient (Wildman–Crippen LogP) is 2.37. The highest BCUT2D eigenvalue weighted by atomic mass is 16.2. The third kappa shape index (κ3) is 2.89. The third-order valence-electron chi connectivity index (χ3n) is 4.49. The van der Waals surface area contributed by atoms with Crippen molar-refractivity contribution >= 4 is 17.1 Å². The molecule has 0 spiro atoms. The largest absolute Gasteiger partial charge is 0.349 e. The van der Waals surface area contributed by atoms with Crippen LogP contribution in [-0.2, 0) is 0 Å². The van der Waals surface area contributed by atoms with Gasteiger partial charge in [-0.3, -0.25) is 9.78 Å². The predicted molar refractivity (Wildman–Crippen MR) is 105 cm³/mol. The number of aromatic amines is 1. The standard InChI is InChI=1S/C20H17N5O2/c1-13-11-15(14(2)24(13)16-7-9-21-10-8-16)12-22-25-19(26)17-5-3-4-6-18(17)23-20(25)27/h3-12H,1-2H3,(H,23,27). The van der Waals surface area contributed by atoms with Crippen LogP contribution in [0.2, 0.25) is 0 Å². The first kappa shape index (κ1) is 16.7. The van der Waals surface area contributed by atoms with Crippen molar-refractivity contribution in [1.29, 1.82) is 0 Å². The molecule has 0 saturated carbocycles. The van der Waals surface area contributed by atoms with Crippen LogP contribution >= 0.6 is 0 Å². The van der Waals surface area contributed by atoms with E-state index in [9.17, 15) is 9.59 Å². The number of aromatic nitrogens is 4. The molecule has 1 N–H and O–H groups in total. The Bertz CT molecular complexity index is 1280. The van der Waals surface area contributed by atoms with Crippen LogP contribution in [0.5, 0.6) is 0 Å². The van der Waals surface area contributed by atoms with Crippen molar-refractivity contribution in [3.05, 3.63) is 92.6 Å². The molecule has 0 unspecified atom stereocenters. The van der Waals surface area contributed by atoms with E-state index in [4.69, 9.17) is 0 Å². The van der Waals surface area contributed by atoms with Crippen LogP contribution in [-0.4, -0.2) is 25.4 Å². The van der Waals surface area contributed by atoms with Gasteiger partial charge in [0.15, 0.2) is 0 Å². The van der Waals surface area contributed by atoms with Gasteiger partial charge >= 0.3 is 5.69 Å². The number of aryl methyl sites for hydroxylation is 1. The summed E-state index contributed by atoms with van der Waals surface area (Å²) in [6, 6.07) is 12.7. The summed E-state index contributed by atoms with van der Waals surface area (Å²) in [5.41, 5.74) is 3.25. The Kier molecular flexibility index (Phi) is 4.04. The van der Waals surface area contributed by atoms with Crippen LogP contribution in [0, 0.1) is 13.8 Å². The second-order valence-corrected chi connectivity index (χ2v) is 6.20. The van der Waals surface area contributed by atoms with Gasteiger partial charge in [0.25, 0.3) is 5.56 Å². The Balaban J connectivity index is 1.80. The molecule has 0 bridgehead atoms. The van der Waals surface area contributed by atoms with Crippen LogP contribution in [0.25, 0.3) is 16.6 Å². The third-order valence-corrected chi connectivity index (χ3v) is 4.49. The maximum Gasteiger partial charge on any atom is 0.349 e. The van der Waals surface area contributed by atoms with Crippen LogP contribution in [0.4, 0.5) is 0 Å². The lowest BCUT2D eigenvalue weighted by molar-refractivity contribution is 0.771. The zero-order chi connectivity index (χ0) is 19.0. The van der Waals surface area contributed by atoms with Gasteiger partial charge in [-0.2, -0.15) is 5.10 Å². The molecule has 0 atom stereocenters. The van der Waals surface area contributed by atoms with Gasteiger partial charge in [0, 0.05) is 35.0 Å². The summed E-state index contributed by atoms with van der Waals surface area (Å²) in [6.45, 7) is 3.95. The summed E-state index contributed by atoms with van der Waals surface area (Å²) in [5.74, 6) is 0. The first-order valence-corrected chi connectivity index (χ1v) is 8.44. The topological polar surface area (TPSA) is 85.0 Å². The number of nitrogens with zero attached hydrogens (tertiary/aromatic N) is 4. The molecule has 3 aromatic heterocycles. The number of pyridine rings is 1. The maximum atomic E-state index is 12.6. The number of hydrogen-bond donors (Lipinski definition) is 1. The lowest BCUT2D eigenvalue weighted by atomic mass is 10.2. The van der Waals surface area contributed by atoms with Gasteiger partial charge in [-0.1, -0.05) is 12.1 Å². The van der Waals surface area contributed by atoms with Crippen molar-refractivity contribution in [2.75, 3.05) is 0 Å². The SMILES string of the molecule is Cc1cc(C=Nn2c(=O)[nH]c3ccccc3c2=O)c(C)n1-c1ccncc1. The molecule has 0 fully saturated rings. The molecule has 4 rings (SSSR count). The fourth-order valence-electron chi connectivity index (χ4n) is 3.19. The Morgan fingerprint density at radius 2 is 1.81 bits per heavy atom. The zero-order valence-electron chi connectivity index (χ0n) is 14.9. The highest BCUT2D eigenvalue weighted by Crippen LogP contribution is 2.19. The highest BCUT2D eigenvalue weighted by Gasteiger charge is 2.10. The summed E-state index contributed by atoms with van der Waals surface area (Å²) >= 11 is 0. The van der Waals surface area contributed by atoms with E-state index < -0.39 is 11.2 Å². The number of hydrogen-bond acceptors (Lipinski definition) is 4. The smallest absolute Gasteiger partial charge is 0.318 e. The van der Waals surface area contributed by atoms with Gasteiger partial charge in [-0.25, -0.2) is 4.79 Å². The number of fused-ring (bicyclic) bond motifs is 1. The number of rotatable bonds is 3. The minimum atomic E-state index is -0.571. The van der Waals surface area contributed by atoms with Crippen molar-refractivity contribution in [3.8, 4) is 5.69 Å². The molecule has 4 aromatic rings. The Hall–Kier alpha value is -3.74. The molecular formula is C20H17N5O2. The first-order chi connectivity index (χ1) is 13.1. The zero-order valence-corrected chi connectivity index (χ0v) is 14.9. The Labute approximate surface area is 154 Å². The number of benzene rings is 1. The summed E-state index contributed by atoms with van der Waals surface area (Å²) in [6.07, 6.45) is 5.00. The average Bonchev–Trinajstić information content (AvgIpc) is 2.96. The molecule has 134 valence electrons. The molecule has 1 aromatic carbocycles. The fraction of sp³-hybridized carbons (Fsp3) is 0.100. The summed E-state index contributed by atoms with van der Waals surface area (Å²) in [5, 5.41) is 4.56. The van der Waals surface area contributed by atoms with E-state index in [1.165, 1.54) is 6.21 Å². The molecule has 3 heterocycles. The molecule has 0 aliphatic carbocycles. The van der Waals surface area contributed by atoms with Gasteiger partial charge < -0.3 is 9.55 Å². The van der Waals surface area contributed by atoms with Gasteiger partial charge in [-0.15, -0.1) is 4.68 Å². The number of H-pyrrole nitrogens is 1. The Morgan fingerprint density at radius 3 is 2.59 bits per heavy atom. The lowest BCUT2D eigenvalue weighted by Crippen LogP contribution is -2.32. The second kappa shape index (κ2) is 6.53. The second-order valence-electron chi connectivity index (χ2n) is 6.20. The van der Waals surface area contributed by atoms with E-state index in [-0.39, 0.29) is 0 Å². The van der Waals surface area contributed by atoms with Crippen molar-refractivity contribution in [1.82, 2.24) is 19.2 Å². The van der Waals surface area contributed by atoms with Gasteiger partial charge in [0.05, 0.1) is 17.1 Å². The number of para-hydroxylation sites is 1. The van der Waals surface area contributed by atoms with E-state index in [2.05, 4.69) is 19.6 Å². The minimum absolute atomic E-state index is 0.413. The first-order valence-electron chi connectivity index (χ1n) is 8.44. The Morgan fingerprint density at radius 1 is 1.07 bits per heavy atom. The van der Waals surface area contributed by atoms with Crippen molar-refractivity contribution in [2.45, 2.75) is 13.8 Å². The van der Waals surface area contributed by atoms with E-state index in [1.807, 2.05) is 32.0 Å². The van der Waals surface area contributed by atoms with Crippen molar-refractivity contribution < 1.29 is 0 Å². The molecule has 7 nitrogen and oxygen atoms in total. The average molecular weight is 359 g/mol. The van der Waals surface area contributed by atoms with Gasteiger partial charge in [0.2, 0.25) is 0 Å². The van der Waals surface area contributed by atoms with Crippen molar-refractivity contribution in [2.24, 2.45) is 5.10 Å². The highest BCUT2D eigenvalue weighted by molar-refractivity contribution is 5.82. The quantitative estimate of drug-likeness (QED) is 0.570. The molecule has 0 amide bonds. The fourth-order valence-corrected chi connectivity index (χ4v) is 3.19. The molecule has 7 heteroatoms. The van der Waals surface area contributed by atoms with E-state index in [0.717, 1.165) is 27.3 Å². The van der Waals surface area contributed by atoms with Crippen LogP contribution < -0.4 is 11.2 Å². The van der Waals surface area contributed by atoms with Crippen LogP contribution in [0.1, 0.15) is 17.0 Å². The number of nitrogens with one attached hydrogen (secondary N) is 1. The minimum Gasteiger partial charge on any atom is -0.318 e. The van der Waals surface area contributed by atoms with Crippen LogP contribution in [0.3, 0.4) is 0 Å². The molecule has 0 aliphatic rings. The lowest BCUT2D eigenvalue weighted by Gasteiger charge is -2.08. The molecular weight excluding hydrogens is 342 g/mol. The molecule has 0 radical (unpaired) electrons. The summed E-state index contributed by atoms with van der Waals surface area (Å²) in [4.78, 5) is 31.5. The van der Waals surface area contributed by atoms with Crippen molar-refractivity contribution in [3.63, 3.8) is 0 Å². The van der Waals surface area contributed by atoms with E-state index in [1.54, 1.807) is 36.7 Å². The summed E-state index contributed by atoms with van der Waals surface area (Å²) in [7, 11) is 0. The van der Waals surface area contributed by atoms with E-state index >= 15 is 0 Å². The molecule has 0 aliphatic heterocycles. The maximum absolute atomic E-state index is 12.6. The van der Waals surface area contributed by atoms with Crippen LogP contribution in [0.15, 0.2) is 69.5 Å². The van der Waals surface area contributed by atoms with Gasteiger partial charge in [0.1, 0.15) is 0 Å². The summed E-state index contributed by atoms with van der Waals surface area (Å²) < 4.78 is 2.91. The van der Waals surface area contributed by atoms with Gasteiger partial charge in [-0.05, 0) is 44.2 Å². The molecule has 0 saturated heterocycles. The normalized spacial score (nSPS) is 11.5. The monoisotopic (exact) mass is 359 g/mol.